The van der Waals surface area contributed by atoms with Crippen molar-refractivity contribution in [3.8, 4) is 0 Å². The van der Waals surface area contributed by atoms with Crippen molar-refractivity contribution in [2.75, 3.05) is 0 Å². The fourth-order valence-corrected chi connectivity index (χ4v) is 1.82. The molecule has 1 rings (SSSR count). The summed E-state index contributed by atoms with van der Waals surface area (Å²) >= 11 is 1.65. The largest absolute Gasteiger partial charge is 0.481 e. The third-order valence-corrected chi connectivity index (χ3v) is 2.55. The molecule has 0 aliphatic carbocycles. The number of aliphatic carboxylic acids is 1. The van der Waals surface area contributed by atoms with Gasteiger partial charge in [0.2, 0.25) is 0 Å². The molecule has 0 aromatic carbocycles. The van der Waals surface area contributed by atoms with Gasteiger partial charge in [-0.15, -0.1) is 0 Å². The Morgan fingerprint density at radius 3 is 3.00 bits per heavy atom. The highest BCUT2D eigenvalue weighted by Gasteiger charge is 2.07. The molecule has 1 heterocycles. The second-order valence-corrected chi connectivity index (χ2v) is 3.81. The second kappa shape index (κ2) is 4.99. The van der Waals surface area contributed by atoms with Crippen LogP contribution in [0.5, 0.6) is 0 Å². The molecule has 4 heteroatoms. The second-order valence-electron chi connectivity index (χ2n) is 3.03. The summed E-state index contributed by atoms with van der Waals surface area (Å²) in [7, 11) is 0. The SMILES string of the molecule is NC(CCc1ccsc1)CC(=O)O. The molecule has 3 nitrogen and oxygen atoms in total. The van der Waals surface area contributed by atoms with Crippen LogP contribution in [0.2, 0.25) is 0 Å². The molecular weight excluding hydrogens is 186 g/mol. The van der Waals surface area contributed by atoms with E-state index in [1.165, 1.54) is 5.56 Å². The molecular formula is C9H13NO2S. The van der Waals surface area contributed by atoms with Crippen LogP contribution in [-0.2, 0) is 11.2 Å². The molecule has 0 spiro atoms. The molecule has 1 unspecified atom stereocenters. The van der Waals surface area contributed by atoms with Gasteiger partial charge in [0, 0.05) is 6.04 Å². The molecule has 1 atom stereocenters. The van der Waals surface area contributed by atoms with E-state index in [9.17, 15) is 4.79 Å². The first-order valence-corrected chi connectivity index (χ1v) is 5.11. The quantitative estimate of drug-likeness (QED) is 0.755. The molecule has 72 valence electrons. The van der Waals surface area contributed by atoms with Crippen molar-refractivity contribution in [1.29, 1.82) is 0 Å². The lowest BCUT2D eigenvalue weighted by Crippen LogP contribution is -2.24. The van der Waals surface area contributed by atoms with Crippen molar-refractivity contribution in [1.82, 2.24) is 0 Å². The highest BCUT2D eigenvalue weighted by molar-refractivity contribution is 7.07. The lowest BCUT2D eigenvalue weighted by atomic mass is 10.1. The van der Waals surface area contributed by atoms with Crippen LogP contribution < -0.4 is 5.73 Å². The molecule has 0 aliphatic rings. The zero-order valence-corrected chi connectivity index (χ0v) is 8.09. The average molecular weight is 199 g/mol. The number of hydrogen-bond donors (Lipinski definition) is 2. The maximum atomic E-state index is 10.3. The number of carboxylic acids is 1. The number of aryl methyl sites for hydroxylation is 1. The first-order chi connectivity index (χ1) is 6.18. The van der Waals surface area contributed by atoms with E-state index >= 15 is 0 Å². The van der Waals surface area contributed by atoms with Gasteiger partial charge in [-0.25, -0.2) is 0 Å². The van der Waals surface area contributed by atoms with Gasteiger partial charge in [-0.3, -0.25) is 4.79 Å². The molecule has 1 aromatic heterocycles. The summed E-state index contributed by atoms with van der Waals surface area (Å²) in [6, 6.07) is 1.82. The Kier molecular flexibility index (Phi) is 3.92. The van der Waals surface area contributed by atoms with Gasteiger partial charge >= 0.3 is 5.97 Å². The van der Waals surface area contributed by atoms with Crippen molar-refractivity contribution < 1.29 is 9.90 Å². The molecule has 0 fully saturated rings. The standard InChI is InChI=1S/C9H13NO2S/c10-8(5-9(11)12)2-1-7-3-4-13-6-7/h3-4,6,8H,1-2,5,10H2,(H,11,12). The third kappa shape index (κ3) is 4.05. The molecule has 0 aliphatic heterocycles. The first-order valence-electron chi connectivity index (χ1n) is 4.17. The first kappa shape index (κ1) is 10.2. The van der Waals surface area contributed by atoms with Crippen LogP contribution in [0.15, 0.2) is 16.8 Å². The zero-order valence-electron chi connectivity index (χ0n) is 7.27. The van der Waals surface area contributed by atoms with Gasteiger partial charge in [0.1, 0.15) is 0 Å². The molecule has 1 aromatic rings. The number of hydrogen-bond acceptors (Lipinski definition) is 3. The van der Waals surface area contributed by atoms with E-state index < -0.39 is 5.97 Å². The van der Waals surface area contributed by atoms with Crippen molar-refractivity contribution in [2.45, 2.75) is 25.3 Å². The van der Waals surface area contributed by atoms with Crippen LogP contribution in [0.4, 0.5) is 0 Å². The summed E-state index contributed by atoms with van der Waals surface area (Å²) in [5, 5.41) is 12.5. The van der Waals surface area contributed by atoms with Gasteiger partial charge in [-0.1, -0.05) is 0 Å². The van der Waals surface area contributed by atoms with E-state index in [1.54, 1.807) is 11.3 Å². The summed E-state index contributed by atoms with van der Waals surface area (Å²) in [5.41, 5.74) is 6.86. The fraction of sp³-hybridized carbons (Fsp3) is 0.444. The molecule has 0 saturated carbocycles. The Labute approximate surface area is 81.2 Å². The highest BCUT2D eigenvalue weighted by atomic mass is 32.1. The average Bonchev–Trinajstić information content (AvgIpc) is 2.51. The number of thiophene rings is 1. The highest BCUT2D eigenvalue weighted by Crippen LogP contribution is 2.10. The monoisotopic (exact) mass is 199 g/mol. The Morgan fingerprint density at radius 1 is 1.69 bits per heavy atom. The summed E-state index contributed by atoms with van der Waals surface area (Å²) < 4.78 is 0. The van der Waals surface area contributed by atoms with Gasteiger partial charge in [0.15, 0.2) is 0 Å². The predicted molar refractivity (Wildman–Crippen MR) is 52.9 cm³/mol. The van der Waals surface area contributed by atoms with Gasteiger partial charge in [-0.05, 0) is 35.2 Å². The molecule has 0 amide bonds. The summed E-state index contributed by atoms with van der Waals surface area (Å²) in [6.07, 6.45) is 1.67. The minimum absolute atomic E-state index is 0.0597. The van der Waals surface area contributed by atoms with Crippen LogP contribution in [0.1, 0.15) is 18.4 Å². The van der Waals surface area contributed by atoms with Crippen molar-refractivity contribution in [2.24, 2.45) is 5.73 Å². The van der Waals surface area contributed by atoms with Crippen LogP contribution >= 0.6 is 11.3 Å². The maximum absolute atomic E-state index is 10.3. The van der Waals surface area contributed by atoms with E-state index in [2.05, 4.69) is 5.38 Å². The Bertz CT molecular complexity index is 259. The van der Waals surface area contributed by atoms with Gasteiger partial charge in [0.25, 0.3) is 0 Å². The number of carboxylic acid groups (broad SMARTS) is 1. The smallest absolute Gasteiger partial charge is 0.304 e. The number of rotatable bonds is 5. The molecule has 3 N–H and O–H groups in total. The molecule has 13 heavy (non-hydrogen) atoms. The van der Waals surface area contributed by atoms with E-state index in [0.29, 0.717) is 0 Å². The van der Waals surface area contributed by atoms with E-state index in [-0.39, 0.29) is 12.5 Å². The molecule has 0 bridgehead atoms. The fourth-order valence-electron chi connectivity index (χ4n) is 1.11. The third-order valence-electron chi connectivity index (χ3n) is 1.82. The minimum atomic E-state index is -0.821. The Balaban J connectivity index is 2.22. The lowest BCUT2D eigenvalue weighted by Gasteiger charge is -2.06. The number of nitrogens with two attached hydrogens (primary N) is 1. The van der Waals surface area contributed by atoms with Gasteiger partial charge in [0.05, 0.1) is 6.42 Å². The van der Waals surface area contributed by atoms with Crippen LogP contribution in [-0.4, -0.2) is 17.1 Å². The predicted octanol–water partition coefficient (Wildman–Crippen LogP) is 1.48. The van der Waals surface area contributed by atoms with Crippen LogP contribution in [0, 0.1) is 0 Å². The van der Waals surface area contributed by atoms with Crippen molar-refractivity contribution >= 4 is 17.3 Å². The van der Waals surface area contributed by atoms with Crippen LogP contribution in [0.25, 0.3) is 0 Å². The van der Waals surface area contributed by atoms with E-state index in [1.807, 2.05) is 11.4 Å². The minimum Gasteiger partial charge on any atom is -0.481 e. The molecule has 0 radical (unpaired) electrons. The summed E-state index contributed by atoms with van der Waals surface area (Å²) in [6.45, 7) is 0. The molecule has 0 saturated heterocycles. The van der Waals surface area contributed by atoms with Crippen molar-refractivity contribution in [3.63, 3.8) is 0 Å². The summed E-state index contributed by atoms with van der Waals surface area (Å²) in [5.74, 6) is -0.821. The topological polar surface area (TPSA) is 63.3 Å². The van der Waals surface area contributed by atoms with Crippen LogP contribution in [0.3, 0.4) is 0 Å². The summed E-state index contributed by atoms with van der Waals surface area (Å²) in [4.78, 5) is 10.3. The van der Waals surface area contributed by atoms with Crippen molar-refractivity contribution in [3.05, 3.63) is 22.4 Å². The van der Waals surface area contributed by atoms with E-state index in [0.717, 1.165) is 12.8 Å². The van der Waals surface area contributed by atoms with Gasteiger partial charge < -0.3 is 10.8 Å². The number of carbonyl (C=O) groups is 1. The normalized spacial score (nSPS) is 12.7. The zero-order chi connectivity index (χ0) is 9.68. The Morgan fingerprint density at radius 2 is 2.46 bits per heavy atom. The van der Waals surface area contributed by atoms with E-state index in [4.69, 9.17) is 10.8 Å². The van der Waals surface area contributed by atoms with Gasteiger partial charge in [-0.2, -0.15) is 11.3 Å². The Hall–Kier alpha value is -0.870. The lowest BCUT2D eigenvalue weighted by molar-refractivity contribution is -0.137. The maximum Gasteiger partial charge on any atom is 0.304 e.